The smallest absolute Gasteiger partial charge is 0.246 e. The van der Waals surface area contributed by atoms with Crippen molar-refractivity contribution >= 4 is 15.9 Å². The van der Waals surface area contributed by atoms with E-state index in [1.54, 1.807) is 37.4 Å². The number of carbonyl (C=O) groups excluding carboxylic acids is 1. The van der Waals surface area contributed by atoms with Gasteiger partial charge >= 0.3 is 0 Å². The molecule has 1 heterocycles. The third-order valence-corrected chi connectivity index (χ3v) is 6.02. The Labute approximate surface area is 176 Å². The highest BCUT2D eigenvalue weighted by atomic mass is 32.2. The van der Waals surface area contributed by atoms with Crippen molar-refractivity contribution in [1.29, 1.82) is 0 Å². The first-order chi connectivity index (χ1) is 14.2. The Kier molecular flexibility index (Phi) is 6.33. The Morgan fingerprint density at radius 1 is 1.07 bits per heavy atom. The lowest BCUT2D eigenvalue weighted by molar-refractivity contribution is -0.134. The predicted octanol–water partition coefficient (Wildman–Crippen LogP) is 2.64. The standard InChI is InChI=1S/C21H24N4O4S/c1-15-10-12-17(13-11-15)20-22-18(29-23-20)14-24(2)21(26)19(25(3)30(4,27)28)16-8-6-5-7-9-16/h5-13,19H,14H2,1-4H3/t19-/m1/s1. The van der Waals surface area contributed by atoms with E-state index in [0.717, 1.165) is 21.7 Å². The Hall–Kier alpha value is -3.04. The molecule has 1 aromatic heterocycles. The van der Waals surface area contributed by atoms with Crippen molar-refractivity contribution < 1.29 is 17.7 Å². The molecule has 2 aromatic carbocycles. The van der Waals surface area contributed by atoms with Crippen LogP contribution in [0.5, 0.6) is 0 Å². The number of hydrogen-bond donors (Lipinski definition) is 0. The quantitative estimate of drug-likeness (QED) is 0.574. The number of likely N-dealkylation sites (N-methyl/N-ethyl adjacent to an activating group) is 2. The lowest BCUT2D eigenvalue weighted by Gasteiger charge is -2.29. The molecule has 8 nitrogen and oxygen atoms in total. The van der Waals surface area contributed by atoms with Crippen LogP contribution in [0.15, 0.2) is 59.1 Å². The van der Waals surface area contributed by atoms with Gasteiger partial charge in [-0.15, -0.1) is 0 Å². The molecule has 0 fully saturated rings. The summed E-state index contributed by atoms with van der Waals surface area (Å²) < 4.78 is 30.6. The number of sulfonamides is 1. The average Bonchev–Trinajstić information content (AvgIpc) is 3.17. The minimum Gasteiger partial charge on any atom is -0.337 e. The molecule has 30 heavy (non-hydrogen) atoms. The SMILES string of the molecule is Cc1ccc(-c2noc(CN(C)C(=O)[C@@H](c3ccccc3)N(C)S(C)(=O)=O)n2)cc1. The summed E-state index contributed by atoms with van der Waals surface area (Å²) in [6.07, 6.45) is 1.07. The van der Waals surface area contributed by atoms with Gasteiger partial charge in [0.15, 0.2) is 0 Å². The van der Waals surface area contributed by atoms with Crippen molar-refractivity contribution in [3.63, 3.8) is 0 Å². The molecule has 0 unspecified atom stereocenters. The minimum atomic E-state index is -3.60. The van der Waals surface area contributed by atoms with Gasteiger partial charge in [0.1, 0.15) is 6.04 Å². The molecule has 0 aliphatic rings. The van der Waals surface area contributed by atoms with E-state index in [9.17, 15) is 13.2 Å². The highest BCUT2D eigenvalue weighted by molar-refractivity contribution is 7.88. The van der Waals surface area contributed by atoms with Crippen LogP contribution in [0, 0.1) is 6.92 Å². The number of benzene rings is 2. The normalized spacial score (nSPS) is 12.7. The van der Waals surface area contributed by atoms with Gasteiger partial charge in [-0.2, -0.15) is 9.29 Å². The van der Waals surface area contributed by atoms with Gasteiger partial charge < -0.3 is 9.42 Å². The number of nitrogens with zero attached hydrogens (tertiary/aromatic N) is 4. The Morgan fingerprint density at radius 2 is 1.70 bits per heavy atom. The third-order valence-electron chi connectivity index (χ3n) is 4.76. The summed E-state index contributed by atoms with van der Waals surface area (Å²) in [5.74, 6) is 0.290. The minimum absolute atomic E-state index is 0.0542. The molecule has 0 saturated heterocycles. The van der Waals surface area contributed by atoms with Crippen LogP contribution in [0.4, 0.5) is 0 Å². The number of aromatic nitrogens is 2. The number of amides is 1. The molecule has 0 spiro atoms. The topological polar surface area (TPSA) is 96.6 Å². The zero-order valence-corrected chi connectivity index (χ0v) is 18.1. The summed E-state index contributed by atoms with van der Waals surface area (Å²) in [6, 6.07) is 15.5. The molecule has 1 atom stereocenters. The second-order valence-electron chi connectivity index (χ2n) is 7.16. The van der Waals surface area contributed by atoms with Crippen molar-refractivity contribution in [2.45, 2.75) is 19.5 Å². The second-order valence-corrected chi connectivity index (χ2v) is 9.21. The van der Waals surface area contributed by atoms with Crippen molar-refractivity contribution in [2.75, 3.05) is 20.4 Å². The monoisotopic (exact) mass is 428 g/mol. The van der Waals surface area contributed by atoms with E-state index in [2.05, 4.69) is 10.1 Å². The van der Waals surface area contributed by atoms with Gasteiger partial charge in [0.2, 0.25) is 27.6 Å². The molecular weight excluding hydrogens is 404 g/mol. The van der Waals surface area contributed by atoms with E-state index in [0.29, 0.717) is 11.4 Å². The number of hydrogen-bond acceptors (Lipinski definition) is 6. The van der Waals surface area contributed by atoms with Gasteiger partial charge in [0, 0.05) is 19.7 Å². The van der Waals surface area contributed by atoms with E-state index in [1.807, 2.05) is 31.2 Å². The zero-order chi connectivity index (χ0) is 21.9. The molecule has 3 rings (SSSR count). The maximum absolute atomic E-state index is 13.2. The Balaban J connectivity index is 1.81. The Morgan fingerprint density at radius 3 is 2.30 bits per heavy atom. The molecule has 0 N–H and O–H groups in total. The van der Waals surface area contributed by atoms with E-state index < -0.39 is 22.0 Å². The van der Waals surface area contributed by atoms with Crippen LogP contribution in [0.1, 0.15) is 23.1 Å². The van der Waals surface area contributed by atoms with E-state index in [4.69, 9.17) is 4.52 Å². The van der Waals surface area contributed by atoms with E-state index in [1.165, 1.54) is 11.9 Å². The summed E-state index contributed by atoms with van der Waals surface area (Å²) >= 11 is 0. The van der Waals surface area contributed by atoms with Gasteiger partial charge in [-0.05, 0) is 12.5 Å². The van der Waals surface area contributed by atoms with Gasteiger partial charge in [0.25, 0.3) is 0 Å². The van der Waals surface area contributed by atoms with Crippen molar-refractivity contribution in [1.82, 2.24) is 19.3 Å². The molecule has 0 radical (unpaired) electrons. The lowest BCUT2D eigenvalue weighted by atomic mass is 10.1. The van der Waals surface area contributed by atoms with Gasteiger partial charge in [-0.3, -0.25) is 4.79 Å². The molecular formula is C21H24N4O4S. The number of aryl methyl sites for hydroxylation is 1. The maximum atomic E-state index is 13.2. The van der Waals surface area contributed by atoms with Crippen molar-refractivity contribution in [2.24, 2.45) is 0 Å². The molecule has 1 amide bonds. The zero-order valence-electron chi connectivity index (χ0n) is 17.3. The fourth-order valence-electron chi connectivity index (χ4n) is 2.96. The summed E-state index contributed by atoms with van der Waals surface area (Å²) in [6.45, 7) is 2.04. The van der Waals surface area contributed by atoms with Crippen molar-refractivity contribution in [3.05, 3.63) is 71.6 Å². The average molecular weight is 429 g/mol. The molecule has 0 aliphatic carbocycles. The lowest BCUT2D eigenvalue weighted by Crippen LogP contribution is -2.41. The van der Waals surface area contributed by atoms with E-state index >= 15 is 0 Å². The highest BCUT2D eigenvalue weighted by Crippen LogP contribution is 2.25. The highest BCUT2D eigenvalue weighted by Gasteiger charge is 2.33. The van der Waals surface area contributed by atoms with Gasteiger partial charge in [-0.25, -0.2) is 8.42 Å². The van der Waals surface area contributed by atoms with Crippen LogP contribution >= 0.6 is 0 Å². The summed E-state index contributed by atoms with van der Waals surface area (Å²) in [5.41, 5.74) is 2.51. The molecule has 0 aliphatic heterocycles. The van der Waals surface area contributed by atoms with Crippen LogP contribution in [0.25, 0.3) is 11.4 Å². The largest absolute Gasteiger partial charge is 0.337 e. The van der Waals surface area contributed by atoms with Crippen LogP contribution in [-0.4, -0.2) is 54.0 Å². The fraction of sp³-hybridized carbons (Fsp3) is 0.286. The first-order valence-corrected chi connectivity index (χ1v) is 11.1. The van der Waals surface area contributed by atoms with Crippen LogP contribution in [-0.2, 0) is 21.4 Å². The molecule has 158 valence electrons. The molecule has 9 heteroatoms. The van der Waals surface area contributed by atoms with Crippen LogP contribution < -0.4 is 0 Å². The van der Waals surface area contributed by atoms with Crippen LogP contribution in [0.3, 0.4) is 0 Å². The summed E-state index contributed by atoms with van der Waals surface area (Å²) in [4.78, 5) is 18.9. The predicted molar refractivity (Wildman–Crippen MR) is 113 cm³/mol. The molecule has 0 bridgehead atoms. The first kappa shape index (κ1) is 21.7. The molecule has 0 saturated carbocycles. The molecule has 3 aromatic rings. The van der Waals surface area contributed by atoms with Gasteiger partial charge in [-0.1, -0.05) is 65.3 Å². The number of carbonyl (C=O) groups is 1. The third kappa shape index (κ3) is 4.92. The summed E-state index contributed by atoms with van der Waals surface area (Å²) in [7, 11) is -0.639. The maximum Gasteiger partial charge on any atom is 0.246 e. The fourth-order valence-corrected chi connectivity index (χ4v) is 3.56. The van der Waals surface area contributed by atoms with Crippen molar-refractivity contribution in [3.8, 4) is 11.4 Å². The van der Waals surface area contributed by atoms with E-state index in [-0.39, 0.29) is 12.4 Å². The summed E-state index contributed by atoms with van der Waals surface area (Å²) in [5, 5.41) is 3.98. The van der Waals surface area contributed by atoms with Crippen LogP contribution in [0.2, 0.25) is 0 Å². The Bertz CT molecular complexity index is 1110. The first-order valence-electron chi connectivity index (χ1n) is 9.29. The second kappa shape index (κ2) is 8.76. The van der Waals surface area contributed by atoms with Gasteiger partial charge in [0.05, 0.1) is 12.8 Å². The number of rotatable bonds is 7.